The molecule has 2 atom stereocenters. The van der Waals surface area contributed by atoms with Crippen molar-refractivity contribution in [1.82, 2.24) is 9.88 Å². The number of fused-ring (bicyclic) bond motifs is 1. The standard InChI is InChI=1S/C25H29N3O4/c1-4-5-14-28-23(29)13-11-19(24(28)18-8-6-7-9-21(18)31-3)25(30)27-17-10-12-22-20(15-17)26-16(2)32-22/h6-10,12,15,19,24H,4-5,11,13-14H2,1-3H3,(H,27,30). The van der Waals surface area contributed by atoms with Crippen LogP contribution in [-0.4, -0.2) is 35.4 Å². The van der Waals surface area contributed by atoms with Crippen LogP contribution in [-0.2, 0) is 9.59 Å². The van der Waals surface area contributed by atoms with Crippen LogP contribution in [0.15, 0.2) is 46.9 Å². The van der Waals surface area contributed by atoms with Crippen molar-refractivity contribution in [2.75, 3.05) is 19.0 Å². The quantitative estimate of drug-likeness (QED) is 0.573. The molecule has 4 rings (SSSR count). The molecule has 7 heteroatoms. The Morgan fingerprint density at radius 3 is 2.88 bits per heavy atom. The molecule has 1 aliphatic rings. The molecule has 7 nitrogen and oxygen atoms in total. The lowest BCUT2D eigenvalue weighted by molar-refractivity contribution is -0.142. The van der Waals surface area contributed by atoms with Gasteiger partial charge in [-0.3, -0.25) is 9.59 Å². The number of ether oxygens (including phenoxy) is 1. The Morgan fingerprint density at radius 1 is 1.28 bits per heavy atom. The van der Waals surface area contributed by atoms with Gasteiger partial charge in [0.2, 0.25) is 11.8 Å². The number of nitrogens with zero attached hydrogens (tertiary/aromatic N) is 2. The molecule has 0 aliphatic carbocycles. The van der Waals surface area contributed by atoms with Gasteiger partial charge in [0, 0.05) is 31.1 Å². The number of aryl methyl sites for hydroxylation is 1. The molecule has 32 heavy (non-hydrogen) atoms. The number of likely N-dealkylation sites (tertiary alicyclic amines) is 1. The summed E-state index contributed by atoms with van der Waals surface area (Å²) in [6.45, 7) is 4.50. The van der Waals surface area contributed by atoms with E-state index in [0.717, 1.165) is 18.4 Å². The highest BCUT2D eigenvalue weighted by atomic mass is 16.5. The highest BCUT2D eigenvalue weighted by Gasteiger charge is 2.41. The van der Waals surface area contributed by atoms with Crippen LogP contribution in [0.5, 0.6) is 5.75 Å². The molecule has 0 saturated carbocycles. The molecular weight excluding hydrogens is 406 g/mol. The van der Waals surface area contributed by atoms with Crippen LogP contribution in [0, 0.1) is 12.8 Å². The van der Waals surface area contributed by atoms with Crippen LogP contribution in [0.1, 0.15) is 50.1 Å². The van der Waals surface area contributed by atoms with E-state index >= 15 is 0 Å². The van der Waals surface area contributed by atoms with Crippen molar-refractivity contribution in [3.05, 3.63) is 53.9 Å². The first-order valence-electron chi connectivity index (χ1n) is 11.1. The van der Waals surface area contributed by atoms with Gasteiger partial charge in [-0.1, -0.05) is 31.5 Å². The number of carbonyl (C=O) groups is 2. The molecule has 2 heterocycles. The van der Waals surface area contributed by atoms with Gasteiger partial charge in [-0.15, -0.1) is 0 Å². The smallest absolute Gasteiger partial charge is 0.229 e. The first-order valence-corrected chi connectivity index (χ1v) is 11.1. The number of methoxy groups -OCH3 is 1. The van der Waals surface area contributed by atoms with Crippen LogP contribution in [0.3, 0.4) is 0 Å². The third kappa shape index (κ3) is 4.33. The molecule has 1 aromatic heterocycles. The highest BCUT2D eigenvalue weighted by molar-refractivity contribution is 5.96. The second kappa shape index (κ2) is 9.42. The molecule has 1 fully saturated rings. The molecule has 0 spiro atoms. The molecule has 1 N–H and O–H groups in total. The molecule has 0 bridgehead atoms. The number of nitrogens with one attached hydrogen (secondary N) is 1. The predicted octanol–water partition coefficient (Wildman–Crippen LogP) is 4.86. The van der Waals surface area contributed by atoms with E-state index in [1.165, 1.54) is 0 Å². The van der Waals surface area contributed by atoms with Crippen molar-refractivity contribution in [2.24, 2.45) is 5.92 Å². The fraction of sp³-hybridized carbons (Fsp3) is 0.400. The number of benzene rings is 2. The van der Waals surface area contributed by atoms with Crippen molar-refractivity contribution in [3.63, 3.8) is 0 Å². The number of carbonyl (C=O) groups excluding carboxylic acids is 2. The fourth-order valence-corrected chi connectivity index (χ4v) is 4.47. The Balaban J connectivity index is 1.66. The van der Waals surface area contributed by atoms with Gasteiger partial charge in [0.05, 0.1) is 19.1 Å². The zero-order chi connectivity index (χ0) is 22.7. The van der Waals surface area contributed by atoms with Gasteiger partial charge in [-0.2, -0.15) is 0 Å². The number of hydrogen-bond donors (Lipinski definition) is 1. The topological polar surface area (TPSA) is 84.7 Å². The maximum absolute atomic E-state index is 13.5. The van der Waals surface area contributed by atoms with Gasteiger partial charge < -0.3 is 19.4 Å². The summed E-state index contributed by atoms with van der Waals surface area (Å²) in [4.78, 5) is 32.6. The maximum atomic E-state index is 13.5. The monoisotopic (exact) mass is 435 g/mol. The van der Waals surface area contributed by atoms with Crippen LogP contribution in [0.25, 0.3) is 11.1 Å². The molecule has 1 saturated heterocycles. The van der Waals surface area contributed by atoms with Crippen molar-refractivity contribution in [3.8, 4) is 5.75 Å². The largest absolute Gasteiger partial charge is 0.496 e. The average Bonchev–Trinajstić information content (AvgIpc) is 3.17. The molecule has 2 unspecified atom stereocenters. The number of hydrogen-bond acceptors (Lipinski definition) is 5. The lowest BCUT2D eigenvalue weighted by atomic mass is 9.83. The third-order valence-corrected chi connectivity index (χ3v) is 6.02. The van der Waals surface area contributed by atoms with E-state index < -0.39 is 5.92 Å². The van der Waals surface area contributed by atoms with Gasteiger partial charge in [-0.25, -0.2) is 4.98 Å². The van der Waals surface area contributed by atoms with E-state index in [-0.39, 0.29) is 17.9 Å². The highest BCUT2D eigenvalue weighted by Crippen LogP contribution is 2.41. The number of unbranched alkanes of at least 4 members (excludes halogenated alkanes) is 1. The van der Waals surface area contributed by atoms with Crippen molar-refractivity contribution < 1.29 is 18.7 Å². The van der Waals surface area contributed by atoms with Crippen molar-refractivity contribution >= 4 is 28.6 Å². The summed E-state index contributed by atoms with van der Waals surface area (Å²) in [5.41, 5.74) is 2.90. The van der Waals surface area contributed by atoms with Gasteiger partial charge in [-0.05, 0) is 37.1 Å². The molecule has 2 amide bonds. The summed E-state index contributed by atoms with van der Waals surface area (Å²) < 4.78 is 11.1. The first kappa shape index (κ1) is 21.9. The number of para-hydroxylation sites is 1. The van der Waals surface area contributed by atoms with Crippen LogP contribution >= 0.6 is 0 Å². The average molecular weight is 436 g/mol. The molecule has 1 aliphatic heterocycles. The van der Waals surface area contributed by atoms with Crippen molar-refractivity contribution in [1.29, 1.82) is 0 Å². The zero-order valence-corrected chi connectivity index (χ0v) is 18.8. The van der Waals surface area contributed by atoms with Crippen molar-refractivity contribution in [2.45, 2.75) is 45.6 Å². The number of anilines is 1. The van der Waals surface area contributed by atoms with E-state index in [9.17, 15) is 9.59 Å². The van der Waals surface area contributed by atoms with E-state index in [4.69, 9.17) is 9.15 Å². The Labute approximate surface area is 187 Å². The second-order valence-corrected chi connectivity index (χ2v) is 8.18. The number of rotatable bonds is 7. The van der Waals surface area contributed by atoms with Gasteiger partial charge >= 0.3 is 0 Å². The van der Waals surface area contributed by atoms with Crippen LogP contribution < -0.4 is 10.1 Å². The van der Waals surface area contributed by atoms with E-state index in [0.29, 0.717) is 47.8 Å². The Kier molecular flexibility index (Phi) is 6.44. The van der Waals surface area contributed by atoms with E-state index in [1.54, 1.807) is 20.1 Å². The first-order chi connectivity index (χ1) is 15.5. The normalized spacial score (nSPS) is 18.7. The lowest BCUT2D eigenvalue weighted by Gasteiger charge is -2.41. The maximum Gasteiger partial charge on any atom is 0.229 e. The molecule has 168 valence electrons. The van der Waals surface area contributed by atoms with Gasteiger partial charge in [0.1, 0.15) is 11.3 Å². The Hall–Kier alpha value is -3.35. The lowest BCUT2D eigenvalue weighted by Crippen LogP contribution is -2.47. The summed E-state index contributed by atoms with van der Waals surface area (Å²) in [5, 5.41) is 3.04. The fourth-order valence-electron chi connectivity index (χ4n) is 4.47. The minimum atomic E-state index is -0.393. The molecule has 0 radical (unpaired) electrons. The summed E-state index contributed by atoms with van der Waals surface area (Å²) in [6, 6.07) is 12.7. The summed E-state index contributed by atoms with van der Waals surface area (Å²) >= 11 is 0. The van der Waals surface area contributed by atoms with Gasteiger partial charge in [0.25, 0.3) is 0 Å². The third-order valence-electron chi connectivity index (χ3n) is 6.02. The molecule has 2 aromatic carbocycles. The van der Waals surface area contributed by atoms with Crippen LogP contribution in [0.4, 0.5) is 5.69 Å². The SMILES string of the molecule is CCCCN1C(=O)CCC(C(=O)Nc2ccc3oc(C)nc3c2)C1c1ccccc1OC. The number of oxazole rings is 1. The summed E-state index contributed by atoms with van der Waals surface area (Å²) in [7, 11) is 1.62. The Bertz CT molecular complexity index is 1120. The molecule has 3 aromatic rings. The van der Waals surface area contributed by atoms with Gasteiger partial charge in [0.15, 0.2) is 11.5 Å². The summed E-state index contributed by atoms with van der Waals surface area (Å²) in [5.74, 6) is 0.839. The number of amides is 2. The second-order valence-electron chi connectivity index (χ2n) is 8.18. The number of aromatic nitrogens is 1. The minimum absolute atomic E-state index is 0.0814. The summed E-state index contributed by atoms with van der Waals surface area (Å²) in [6.07, 6.45) is 2.70. The van der Waals surface area contributed by atoms with Crippen LogP contribution in [0.2, 0.25) is 0 Å². The predicted molar refractivity (Wildman–Crippen MR) is 122 cm³/mol. The Morgan fingerprint density at radius 2 is 2.09 bits per heavy atom. The number of piperidine rings is 1. The minimum Gasteiger partial charge on any atom is -0.496 e. The van der Waals surface area contributed by atoms with E-state index in [1.807, 2.05) is 41.3 Å². The molecular formula is C25H29N3O4. The zero-order valence-electron chi connectivity index (χ0n) is 18.8. The van der Waals surface area contributed by atoms with E-state index in [2.05, 4.69) is 17.2 Å².